The summed E-state index contributed by atoms with van der Waals surface area (Å²) in [5.74, 6) is 1.19. The van der Waals surface area contributed by atoms with Gasteiger partial charge in [-0.25, -0.2) is 4.57 Å². The number of imidazole rings is 1. The highest BCUT2D eigenvalue weighted by Crippen LogP contribution is 2.37. The van der Waals surface area contributed by atoms with Crippen LogP contribution < -0.4 is 4.57 Å². The number of nitrogens with zero attached hydrogens (tertiary/aromatic N) is 3. The number of benzene rings is 2. The normalized spacial score (nSPS) is 12.1. The lowest BCUT2D eigenvalue weighted by molar-refractivity contribution is -0.643. The molecule has 0 atom stereocenters. The standard InChI is InChI=1S/C31H36N3/c1-19(2)15-23-11-10-12-24(16-20(3)4)29(23)27-18-33(7)31-28-22(6)21(5)17-32-30(28)25-13-8-9-14-26(25)34(27)31/h8-14,17-20H,15-16H2,1-7H3/q+1. The minimum absolute atomic E-state index is 0.597. The number of fused-ring (bicyclic) bond motifs is 6. The lowest BCUT2D eigenvalue weighted by Gasteiger charge is -2.16. The van der Waals surface area contributed by atoms with Crippen molar-refractivity contribution in [3.05, 3.63) is 77.1 Å². The first kappa shape index (κ1) is 22.6. The zero-order valence-corrected chi connectivity index (χ0v) is 21.6. The second-order valence-electron chi connectivity index (χ2n) is 10.7. The second kappa shape index (κ2) is 8.54. The number of para-hydroxylation sites is 1. The number of pyridine rings is 2. The summed E-state index contributed by atoms with van der Waals surface area (Å²) in [6.45, 7) is 13.7. The van der Waals surface area contributed by atoms with E-state index in [-0.39, 0.29) is 0 Å². The third-order valence-electron chi connectivity index (χ3n) is 7.07. The van der Waals surface area contributed by atoms with Gasteiger partial charge >= 0.3 is 0 Å². The van der Waals surface area contributed by atoms with Crippen molar-refractivity contribution in [1.82, 2.24) is 9.38 Å². The van der Waals surface area contributed by atoms with Crippen molar-refractivity contribution in [3.8, 4) is 11.3 Å². The van der Waals surface area contributed by atoms with Gasteiger partial charge in [0.25, 0.3) is 5.65 Å². The van der Waals surface area contributed by atoms with E-state index in [9.17, 15) is 0 Å². The lowest BCUT2D eigenvalue weighted by atomic mass is 9.89. The van der Waals surface area contributed by atoms with Crippen LogP contribution in [0.2, 0.25) is 0 Å². The molecule has 0 spiro atoms. The van der Waals surface area contributed by atoms with Crippen molar-refractivity contribution < 1.29 is 4.57 Å². The fraction of sp³-hybridized carbons (Fsp3) is 0.355. The summed E-state index contributed by atoms with van der Waals surface area (Å²) in [6.07, 6.45) is 6.50. The third-order valence-corrected chi connectivity index (χ3v) is 7.07. The Hall–Kier alpha value is -3.20. The summed E-state index contributed by atoms with van der Waals surface area (Å²) in [4.78, 5) is 4.93. The van der Waals surface area contributed by atoms with Crippen LogP contribution in [0, 0.1) is 25.7 Å². The van der Waals surface area contributed by atoms with Crippen LogP contribution in [0.3, 0.4) is 0 Å². The summed E-state index contributed by atoms with van der Waals surface area (Å²) in [5, 5.41) is 2.46. The summed E-state index contributed by atoms with van der Waals surface area (Å²) in [5.41, 5.74) is 11.6. The fourth-order valence-electron chi connectivity index (χ4n) is 5.53. The molecule has 34 heavy (non-hydrogen) atoms. The average molecular weight is 451 g/mol. The van der Waals surface area contributed by atoms with Gasteiger partial charge in [0.1, 0.15) is 11.7 Å². The highest BCUT2D eigenvalue weighted by atomic mass is 15.1. The van der Waals surface area contributed by atoms with Crippen molar-refractivity contribution in [3.63, 3.8) is 0 Å². The van der Waals surface area contributed by atoms with E-state index in [1.807, 2.05) is 6.20 Å². The van der Waals surface area contributed by atoms with Crippen LogP contribution >= 0.6 is 0 Å². The first-order valence-electron chi connectivity index (χ1n) is 12.6. The molecule has 5 rings (SSSR count). The van der Waals surface area contributed by atoms with Crippen molar-refractivity contribution >= 4 is 27.5 Å². The molecule has 3 heterocycles. The van der Waals surface area contributed by atoms with Gasteiger partial charge in [0.05, 0.1) is 18.0 Å². The van der Waals surface area contributed by atoms with Crippen LogP contribution in [0.5, 0.6) is 0 Å². The summed E-state index contributed by atoms with van der Waals surface area (Å²) < 4.78 is 4.80. The molecule has 0 bridgehead atoms. The molecule has 0 saturated heterocycles. The van der Waals surface area contributed by atoms with Gasteiger partial charge in [-0.2, -0.15) is 4.40 Å². The number of hydrogen-bond acceptors (Lipinski definition) is 1. The molecule has 0 N–H and O–H groups in total. The van der Waals surface area contributed by atoms with E-state index in [4.69, 9.17) is 4.98 Å². The van der Waals surface area contributed by atoms with Gasteiger partial charge in [-0.05, 0) is 72.9 Å². The maximum Gasteiger partial charge on any atom is 0.296 e. The molecular weight excluding hydrogens is 414 g/mol. The SMILES string of the molecule is Cc1cnc2c3ccccc3n3c(-c4c(CC(C)C)cccc4CC(C)C)c[n+](C)c3c2c1C. The minimum Gasteiger partial charge on any atom is -0.255 e. The van der Waals surface area contributed by atoms with Crippen LogP contribution in [0.4, 0.5) is 0 Å². The van der Waals surface area contributed by atoms with E-state index in [0.717, 1.165) is 18.4 Å². The number of aryl methyl sites for hydroxylation is 3. The summed E-state index contributed by atoms with van der Waals surface area (Å²) in [7, 11) is 2.18. The van der Waals surface area contributed by atoms with E-state index in [0.29, 0.717) is 11.8 Å². The maximum absolute atomic E-state index is 4.93. The predicted molar refractivity (Wildman–Crippen MR) is 143 cm³/mol. The molecule has 0 aliphatic rings. The maximum atomic E-state index is 4.93. The summed E-state index contributed by atoms with van der Waals surface area (Å²) >= 11 is 0. The van der Waals surface area contributed by atoms with Gasteiger partial charge in [-0.1, -0.05) is 58.0 Å². The Kier molecular flexibility index (Phi) is 5.67. The summed E-state index contributed by atoms with van der Waals surface area (Å²) in [6, 6.07) is 15.7. The zero-order chi connectivity index (χ0) is 24.1. The third kappa shape index (κ3) is 3.58. The minimum atomic E-state index is 0.597. The van der Waals surface area contributed by atoms with Gasteiger partial charge in [0, 0.05) is 17.1 Å². The topological polar surface area (TPSA) is 21.2 Å². The van der Waals surface area contributed by atoms with Gasteiger partial charge in [0.2, 0.25) is 0 Å². The first-order chi connectivity index (χ1) is 16.3. The number of hydrogen-bond donors (Lipinski definition) is 0. The van der Waals surface area contributed by atoms with Gasteiger partial charge in [-0.3, -0.25) is 4.98 Å². The van der Waals surface area contributed by atoms with Crippen LogP contribution in [0.25, 0.3) is 38.7 Å². The van der Waals surface area contributed by atoms with Crippen LogP contribution in [-0.2, 0) is 19.9 Å². The molecule has 0 saturated carbocycles. The van der Waals surface area contributed by atoms with E-state index >= 15 is 0 Å². The van der Waals surface area contributed by atoms with Crippen LogP contribution in [0.15, 0.2) is 54.9 Å². The fourth-order valence-corrected chi connectivity index (χ4v) is 5.53. The van der Waals surface area contributed by atoms with E-state index in [1.54, 1.807) is 0 Å². The van der Waals surface area contributed by atoms with Crippen molar-refractivity contribution in [2.24, 2.45) is 18.9 Å². The molecule has 0 radical (unpaired) electrons. The monoisotopic (exact) mass is 450 g/mol. The Bertz CT molecular complexity index is 1510. The molecule has 0 unspecified atom stereocenters. The average Bonchev–Trinajstić information content (AvgIpc) is 3.12. The number of aromatic nitrogens is 3. The van der Waals surface area contributed by atoms with E-state index in [1.165, 1.54) is 55.4 Å². The molecule has 3 nitrogen and oxygen atoms in total. The first-order valence-corrected chi connectivity index (χ1v) is 12.6. The molecule has 2 aromatic carbocycles. The Labute approximate surface area is 203 Å². The van der Waals surface area contributed by atoms with Gasteiger partial charge in [0.15, 0.2) is 5.69 Å². The molecule has 174 valence electrons. The van der Waals surface area contributed by atoms with Crippen molar-refractivity contribution in [2.45, 2.75) is 54.4 Å². The molecule has 0 amide bonds. The number of rotatable bonds is 5. The molecule has 3 aromatic heterocycles. The molecule has 5 aromatic rings. The van der Waals surface area contributed by atoms with E-state index < -0.39 is 0 Å². The molecule has 0 fully saturated rings. The molecule has 0 aliphatic carbocycles. The Morgan fingerprint density at radius 1 is 0.882 bits per heavy atom. The highest BCUT2D eigenvalue weighted by Gasteiger charge is 2.28. The molecule has 3 heteroatoms. The van der Waals surface area contributed by atoms with Gasteiger partial charge < -0.3 is 0 Å². The largest absolute Gasteiger partial charge is 0.296 e. The van der Waals surface area contributed by atoms with Crippen LogP contribution in [0.1, 0.15) is 49.9 Å². The van der Waals surface area contributed by atoms with Gasteiger partial charge in [-0.15, -0.1) is 0 Å². The predicted octanol–water partition coefficient (Wildman–Crippen LogP) is 7.15. The quantitative estimate of drug-likeness (QED) is 0.206. The smallest absolute Gasteiger partial charge is 0.255 e. The lowest BCUT2D eigenvalue weighted by Crippen LogP contribution is -2.26. The van der Waals surface area contributed by atoms with Crippen LogP contribution in [-0.4, -0.2) is 9.38 Å². The Morgan fingerprint density at radius 2 is 1.53 bits per heavy atom. The second-order valence-corrected chi connectivity index (χ2v) is 10.7. The van der Waals surface area contributed by atoms with Crippen molar-refractivity contribution in [2.75, 3.05) is 0 Å². The highest BCUT2D eigenvalue weighted by molar-refractivity contribution is 6.11. The van der Waals surface area contributed by atoms with E-state index in [2.05, 4.69) is 106 Å². The molecular formula is C31H36N3+. The Morgan fingerprint density at radius 3 is 2.18 bits per heavy atom. The molecule has 0 aliphatic heterocycles. The Balaban J connectivity index is 2.00. The van der Waals surface area contributed by atoms with Crippen molar-refractivity contribution in [1.29, 1.82) is 0 Å². The zero-order valence-electron chi connectivity index (χ0n) is 21.6.